The van der Waals surface area contributed by atoms with Gasteiger partial charge in [0.05, 0.1) is 5.54 Å². The molecule has 2 aromatic rings. The molecule has 0 aromatic heterocycles. The van der Waals surface area contributed by atoms with Gasteiger partial charge in [-0.25, -0.2) is 0 Å². The summed E-state index contributed by atoms with van der Waals surface area (Å²) in [4.78, 5) is 17.1. The number of nitrogens with one attached hydrogen (secondary N) is 1. The standard InChI is InChI=1S/C19H20ClN3OS/c1-19(8-9-25-18(21)23-19)15-6-3-5-14(11-15)17(24)22-12-13-4-2-7-16(20)10-13/h2-7,10-11H,8-9,12H2,1H3,(H2,21,23)(H,22,24). The number of hydrogen-bond donors (Lipinski definition) is 2. The van der Waals surface area contributed by atoms with Crippen LogP contribution in [0, 0.1) is 0 Å². The number of amidine groups is 1. The second-order valence-corrected chi connectivity index (χ2v) is 7.77. The summed E-state index contributed by atoms with van der Waals surface area (Å²) in [5.74, 6) is 0.810. The van der Waals surface area contributed by atoms with Crippen molar-refractivity contribution in [1.29, 1.82) is 0 Å². The minimum absolute atomic E-state index is 0.118. The average molecular weight is 374 g/mol. The number of thioether (sulfide) groups is 1. The number of halogens is 1. The molecule has 0 spiro atoms. The predicted molar refractivity (Wildman–Crippen MR) is 105 cm³/mol. The Balaban J connectivity index is 1.75. The summed E-state index contributed by atoms with van der Waals surface area (Å²) in [7, 11) is 0. The molecule has 6 heteroatoms. The van der Waals surface area contributed by atoms with Crippen LogP contribution in [0.2, 0.25) is 5.02 Å². The second kappa shape index (κ2) is 7.50. The number of carbonyl (C=O) groups is 1. The van der Waals surface area contributed by atoms with Crippen LogP contribution in [-0.4, -0.2) is 16.8 Å². The zero-order valence-electron chi connectivity index (χ0n) is 14.0. The summed E-state index contributed by atoms with van der Waals surface area (Å²) in [5.41, 5.74) is 8.10. The van der Waals surface area contributed by atoms with E-state index in [1.54, 1.807) is 11.8 Å². The van der Waals surface area contributed by atoms with Crippen molar-refractivity contribution < 1.29 is 4.79 Å². The summed E-state index contributed by atoms with van der Waals surface area (Å²) in [6.45, 7) is 2.49. The molecule has 1 heterocycles. The Morgan fingerprint density at radius 1 is 1.32 bits per heavy atom. The molecule has 3 rings (SSSR count). The van der Waals surface area contributed by atoms with E-state index in [4.69, 9.17) is 17.3 Å². The van der Waals surface area contributed by atoms with E-state index in [0.717, 1.165) is 23.3 Å². The Bertz CT molecular complexity index is 824. The highest BCUT2D eigenvalue weighted by Crippen LogP contribution is 2.35. The first-order valence-electron chi connectivity index (χ1n) is 8.08. The fraction of sp³-hybridized carbons (Fsp3) is 0.263. The minimum atomic E-state index is -0.376. The first kappa shape index (κ1) is 17.8. The zero-order chi connectivity index (χ0) is 17.9. The van der Waals surface area contributed by atoms with Gasteiger partial charge in [-0.15, -0.1) is 0 Å². The highest BCUT2D eigenvalue weighted by molar-refractivity contribution is 8.13. The van der Waals surface area contributed by atoms with Crippen LogP contribution in [0.5, 0.6) is 0 Å². The third-order valence-corrected chi connectivity index (χ3v) is 5.31. The molecule has 1 unspecified atom stereocenters. The van der Waals surface area contributed by atoms with Crippen molar-refractivity contribution in [3.8, 4) is 0 Å². The third-order valence-electron chi connectivity index (χ3n) is 4.28. The van der Waals surface area contributed by atoms with Gasteiger partial charge in [-0.2, -0.15) is 0 Å². The highest BCUT2D eigenvalue weighted by Gasteiger charge is 2.29. The van der Waals surface area contributed by atoms with E-state index in [2.05, 4.69) is 17.2 Å². The topological polar surface area (TPSA) is 67.5 Å². The molecule has 0 saturated carbocycles. The van der Waals surface area contributed by atoms with Crippen molar-refractivity contribution in [2.24, 2.45) is 10.7 Å². The largest absolute Gasteiger partial charge is 0.379 e. The number of hydrogen-bond acceptors (Lipinski definition) is 4. The number of carbonyl (C=O) groups excluding carboxylic acids is 1. The maximum absolute atomic E-state index is 12.5. The van der Waals surface area contributed by atoms with E-state index < -0.39 is 0 Å². The molecule has 4 nitrogen and oxygen atoms in total. The molecule has 0 bridgehead atoms. The molecule has 0 fully saturated rings. The van der Waals surface area contributed by atoms with E-state index in [1.165, 1.54) is 0 Å². The Labute approximate surface area is 156 Å². The Hall–Kier alpha value is -1.98. The van der Waals surface area contributed by atoms with Gasteiger partial charge in [0.1, 0.15) is 0 Å². The van der Waals surface area contributed by atoms with Crippen LogP contribution >= 0.6 is 23.4 Å². The Morgan fingerprint density at radius 3 is 2.88 bits per heavy atom. The van der Waals surface area contributed by atoms with Crippen molar-refractivity contribution in [3.63, 3.8) is 0 Å². The monoisotopic (exact) mass is 373 g/mol. The van der Waals surface area contributed by atoms with Crippen molar-refractivity contribution in [1.82, 2.24) is 5.32 Å². The second-order valence-electron chi connectivity index (χ2n) is 6.22. The van der Waals surface area contributed by atoms with E-state index in [1.807, 2.05) is 48.5 Å². The number of nitrogens with zero attached hydrogens (tertiary/aromatic N) is 1. The van der Waals surface area contributed by atoms with E-state index >= 15 is 0 Å². The maximum Gasteiger partial charge on any atom is 0.251 e. The summed E-state index contributed by atoms with van der Waals surface area (Å²) in [6, 6.07) is 15.1. The normalized spacial score (nSPS) is 20.0. The summed E-state index contributed by atoms with van der Waals surface area (Å²) in [5, 5.41) is 4.19. The van der Waals surface area contributed by atoms with Crippen LogP contribution in [-0.2, 0) is 12.1 Å². The molecule has 25 heavy (non-hydrogen) atoms. The number of amides is 1. The number of rotatable bonds is 4. The molecule has 130 valence electrons. The van der Waals surface area contributed by atoms with Gasteiger partial charge in [-0.3, -0.25) is 9.79 Å². The highest BCUT2D eigenvalue weighted by atomic mass is 35.5. The molecule has 3 N–H and O–H groups in total. The van der Waals surface area contributed by atoms with Crippen molar-refractivity contribution >= 4 is 34.4 Å². The number of benzene rings is 2. The first-order chi connectivity index (χ1) is 12.0. The van der Waals surface area contributed by atoms with Gasteiger partial charge in [-0.1, -0.05) is 47.6 Å². The summed E-state index contributed by atoms with van der Waals surface area (Å²) < 4.78 is 0. The van der Waals surface area contributed by atoms with Gasteiger partial charge in [-0.05, 0) is 48.7 Å². The molecule has 2 aromatic carbocycles. The Kier molecular flexibility index (Phi) is 5.35. The molecule has 1 aliphatic heterocycles. The van der Waals surface area contributed by atoms with Crippen LogP contribution in [0.3, 0.4) is 0 Å². The smallest absolute Gasteiger partial charge is 0.251 e. The van der Waals surface area contributed by atoms with E-state index in [0.29, 0.717) is 22.3 Å². The molecule has 1 atom stereocenters. The zero-order valence-corrected chi connectivity index (χ0v) is 15.5. The lowest BCUT2D eigenvalue weighted by atomic mass is 9.88. The molecular weight excluding hydrogens is 354 g/mol. The molecular formula is C19H20ClN3OS. The predicted octanol–water partition coefficient (Wildman–Crippen LogP) is 3.94. The minimum Gasteiger partial charge on any atom is -0.379 e. The van der Waals surface area contributed by atoms with Crippen molar-refractivity contribution in [2.75, 3.05) is 5.75 Å². The fourth-order valence-electron chi connectivity index (χ4n) is 2.82. The fourth-order valence-corrected chi connectivity index (χ4v) is 4.01. The first-order valence-corrected chi connectivity index (χ1v) is 9.44. The van der Waals surface area contributed by atoms with Gasteiger partial charge in [0.15, 0.2) is 5.17 Å². The van der Waals surface area contributed by atoms with Crippen LogP contribution < -0.4 is 11.1 Å². The Morgan fingerprint density at radius 2 is 2.12 bits per heavy atom. The molecule has 0 saturated heterocycles. The van der Waals surface area contributed by atoms with Gasteiger partial charge in [0.25, 0.3) is 5.91 Å². The van der Waals surface area contributed by atoms with E-state index in [9.17, 15) is 4.79 Å². The van der Waals surface area contributed by atoms with Gasteiger partial charge >= 0.3 is 0 Å². The van der Waals surface area contributed by atoms with Crippen LogP contribution in [0.4, 0.5) is 0 Å². The summed E-state index contributed by atoms with van der Waals surface area (Å²) >= 11 is 7.54. The van der Waals surface area contributed by atoms with E-state index in [-0.39, 0.29) is 11.4 Å². The molecule has 0 radical (unpaired) electrons. The third kappa shape index (κ3) is 4.35. The maximum atomic E-state index is 12.5. The van der Waals surface area contributed by atoms with Crippen molar-refractivity contribution in [2.45, 2.75) is 25.4 Å². The van der Waals surface area contributed by atoms with Crippen LogP contribution in [0.15, 0.2) is 53.5 Å². The number of nitrogens with two attached hydrogens (primary N) is 1. The van der Waals surface area contributed by atoms with Gasteiger partial charge in [0, 0.05) is 22.9 Å². The lowest BCUT2D eigenvalue weighted by molar-refractivity contribution is 0.0950. The number of aliphatic imine (C=N–C) groups is 1. The van der Waals surface area contributed by atoms with Gasteiger partial charge in [0.2, 0.25) is 0 Å². The SMILES string of the molecule is CC1(c2cccc(C(=O)NCc3cccc(Cl)c3)c2)CCSC(N)=N1. The quantitative estimate of drug-likeness (QED) is 0.853. The van der Waals surface area contributed by atoms with Crippen LogP contribution in [0.1, 0.15) is 34.8 Å². The molecule has 1 amide bonds. The molecule has 0 aliphatic carbocycles. The summed E-state index contributed by atoms with van der Waals surface area (Å²) in [6.07, 6.45) is 0.895. The van der Waals surface area contributed by atoms with Crippen LogP contribution in [0.25, 0.3) is 0 Å². The lowest BCUT2D eigenvalue weighted by Gasteiger charge is -2.30. The lowest BCUT2D eigenvalue weighted by Crippen LogP contribution is -2.29. The average Bonchev–Trinajstić information content (AvgIpc) is 2.60. The van der Waals surface area contributed by atoms with Gasteiger partial charge < -0.3 is 11.1 Å². The molecule has 1 aliphatic rings. The van der Waals surface area contributed by atoms with Crippen molar-refractivity contribution in [3.05, 3.63) is 70.2 Å².